The molecule has 2 unspecified atom stereocenters. The lowest BCUT2D eigenvalue weighted by Gasteiger charge is -2.34. The lowest BCUT2D eigenvalue weighted by Crippen LogP contribution is -2.42. The highest BCUT2D eigenvalue weighted by Crippen LogP contribution is 2.44. The number of benzene rings is 2. The molecule has 1 aliphatic rings. The van der Waals surface area contributed by atoms with Gasteiger partial charge in [-0.2, -0.15) is 0 Å². The van der Waals surface area contributed by atoms with E-state index in [1.54, 1.807) is 7.11 Å². The Balaban J connectivity index is 2.00. The van der Waals surface area contributed by atoms with E-state index in [-0.39, 0.29) is 5.92 Å². The van der Waals surface area contributed by atoms with Crippen molar-refractivity contribution in [3.8, 4) is 5.75 Å². The number of methoxy groups -OCH3 is 1. The van der Waals surface area contributed by atoms with E-state index in [9.17, 15) is 5.11 Å². The maximum Gasteiger partial charge on any atom is 0.119 e. The summed E-state index contributed by atoms with van der Waals surface area (Å²) in [6.07, 6.45) is 4.77. The Morgan fingerprint density at radius 3 is 2.68 bits per heavy atom. The van der Waals surface area contributed by atoms with Gasteiger partial charge in [-0.3, -0.25) is 0 Å². The van der Waals surface area contributed by atoms with Crippen molar-refractivity contribution in [3.05, 3.63) is 70.3 Å². The molecule has 0 bridgehead atoms. The number of nitrogens with zero attached hydrogens (tertiary/aromatic N) is 1. The first kappa shape index (κ1) is 20.6. The Morgan fingerprint density at radius 1 is 1.18 bits per heavy atom. The molecule has 2 atom stereocenters. The Kier molecular flexibility index (Phi) is 6.26. The molecule has 1 saturated carbocycles. The van der Waals surface area contributed by atoms with E-state index >= 15 is 0 Å². The van der Waals surface area contributed by atoms with Crippen LogP contribution in [0, 0.1) is 19.8 Å². The quantitative estimate of drug-likeness (QED) is 0.794. The van der Waals surface area contributed by atoms with Gasteiger partial charge in [-0.05, 0) is 75.2 Å². The number of ether oxygens (including phenoxy) is 1. The minimum absolute atomic E-state index is 0.222. The van der Waals surface area contributed by atoms with Crippen LogP contribution in [-0.4, -0.2) is 43.4 Å². The lowest BCUT2D eigenvalue weighted by atomic mass is 9.80. The number of aliphatic hydroxyl groups is 1. The predicted molar refractivity (Wildman–Crippen MR) is 117 cm³/mol. The van der Waals surface area contributed by atoms with E-state index in [0.29, 0.717) is 6.42 Å². The first-order valence-electron chi connectivity index (χ1n) is 10.1. The van der Waals surface area contributed by atoms with Crippen molar-refractivity contribution in [1.82, 2.24) is 4.90 Å². The standard InChI is InChI=1S/C25H33NO2/c1-18-9-10-19(2)21(13-18)16-25(27)22(11-12-23(25)17-26(3)4)14-20-7-6-8-24(15-20)28-5/h6-10,13-15,23,27H,11-12,16-17H2,1-5H3/b22-14+. The Morgan fingerprint density at radius 2 is 1.96 bits per heavy atom. The first-order valence-corrected chi connectivity index (χ1v) is 10.1. The maximum atomic E-state index is 12.0. The fourth-order valence-electron chi connectivity index (χ4n) is 4.40. The van der Waals surface area contributed by atoms with Gasteiger partial charge in [-0.25, -0.2) is 0 Å². The molecule has 0 aliphatic heterocycles. The molecular weight excluding hydrogens is 346 g/mol. The molecule has 2 aromatic carbocycles. The van der Waals surface area contributed by atoms with Gasteiger partial charge >= 0.3 is 0 Å². The second kappa shape index (κ2) is 8.50. The van der Waals surface area contributed by atoms with Gasteiger partial charge in [-0.1, -0.05) is 42.0 Å². The molecule has 3 heteroatoms. The van der Waals surface area contributed by atoms with Gasteiger partial charge in [0, 0.05) is 18.9 Å². The number of aryl methyl sites for hydroxylation is 2. The number of hydrogen-bond donors (Lipinski definition) is 1. The molecule has 1 aliphatic carbocycles. The van der Waals surface area contributed by atoms with Gasteiger partial charge in [0.1, 0.15) is 5.75 Å². The van der Waals surface area contributed by atoms with Gasteiger partial charge in [0.15, 0.2) is 0 Å². The van der Waals surface area contributed by atoms with Crippen molar-refractivity contribution in [3.63, 3.8) is 0 Å². The highest BCUT2D eigenvalue weighted by molar-refractivity contribution is 5.58. The van der Waals surface area contributed by atoms with Crippen LogP contribution in [0.5, 0.6) is 5.75 Å². The third-order valence-electron chi connectivity index (χ3n) is 5.98. The average Bonchev–Trinajstić information content (AvgIpc) is 2.93. The molecule has 150 valence electrons. The fourth-order valence-corrected chi connectivity index (χ4v) is 4.40. The Hall–Kier alpha value is -2.10. The summed E-state index contributed by atoms with van der Waals surface area (Å²) in [5, 5.41) is 12.0. The van der Waals surface area contributed by atoms with Crippen molar-refractivity contribution < 1.29 is 9.84 Å². The normalized spacial score (nSPS) is 23.5. The van der Waals surface area contributed by atoms with Gasteiger partial charge in [0.25, 0.3) is 0 Å². The molecule has 0 saturated heterocycles. The predicted octanol–water partition coefficient (Wildman–Crippen LogP) is 4.64. The zero-order chi connectivity index (χ0) is 20.3. The summed E-state index contributed by atoms with van der Waals surface area (Å²) in [6, 6.07) is 14.6. The Labute approximate surface area is 169 Å². The fraction of sp³-hybridized carbons (Fsp3) is 0.440. The van der Waals surface area contributed by atoms with Crippen molar-refractivity contribution in [2.45, 2.75) is 38.7 Å². The van der Waals surface area contributed by atoms with Crippen molar-refractivity contribution >= 4 is 6.08 Å². The van der Waals surface area contributed by atoms with E-state index in [4.69, 9.17) is 4.74 Å². The summed E-state index contributed by atoms with van der Waals surface area (Å²) in [5.41, 5.74) is 5.11. The molecule has 28 heavy (non-hydrogen) atoms. The third-order valence-corrected chi connectivity index (χ3v) is 5.98. The molecule has 1 fully saturated rings. The zero-order valence-corrected chi connectivity index (χ0v) is 17.8. The minimum Gasteiger partial charge on any atom is -0.497 e. The van der Waals surface area contributed by atoms with E-state index in [1.165, 1.54) is 16.7 Å². The van der Waals surface area contributed by atoms with Crippen LogP contribution in [0.3, 0.4) is 0 Å². The third kappa shape index (κ3) is 4.48. The van der Waals surface area contributed by atoms with Crippen LogP contribution in [0.4, 0.5) is 0 Å². The van der Waals surface area contributed by atoms with Crippen LogP contribution in [0.25, 0.3) is 6.08 Å². The Bertz CT molecular complexity index is 855. The first-order chi connectivity index (χ1) is 13.3. The zero-order valence-electron chi connectivity index (χ0n) is 17.8. The van der Waals surface area contributed by atoms with E-state index in [2.05, 4.69) is 63.2 Å². The molecule has 0 aromatic heterocycles. The van der Waals surface area contributed by atoms with Crippen molar-refractivity contribution in [2.75, 3.05) is 27.7 Å². The van der Waals surface area contributed by atoms with E-state index in [0.717, 1.165) is 36.3 Å². The SMILES string of the molecule is COc1cccc(/C=C2\CCC(CN(C)C)C2(O)Cc2cc(C)ccc2C)c1. The second-order valence-corrected chi connectivity index (χ2v) is 8.48. The van der Waals surface area contributed by atoms with Crippen LogP contribution in [0.2, 0.25) is 0 Å². The molecule has 2 aromatic rings. The molecule has 0 radical (unpaired) electrons. The summed E-state index contributed by atoms with van der Waals surface area (Å²) < 4.78 is 5.37. The number of rotatable bonds is 6. The van der Waals surface area contributed by atoms with Gasteiger partial charge in [0.05, 0.1) is 12.7 Å². The van der Waals surface area contributed by atoms with Crippen LogP contribution >= 0.6 is 0 Å². The highest BCUT2D eigenvalue weighted by Gasteiger charge is 2.45. The lowest BCUT2D eigenvalue weighted by molar-refractivity contribution is 0.0256. The minimum atomic E-state index is -0.827. The van der Waals surface area contributed by atoms with Crippen LogP contribution in [0.15, 0.2) is 48.0 Å². The molecule has 3 nitrogen and oxygen atoms in total. The summed E-state index contributed by atoms with van der Waals surface area (Å²) in [4.78, 5) is 2.19. The average molecular weight is 380 g/mol. The van der Waals surface area contributed by atoms with Crippen molar-refractivity contribution in [2.24, 2.45) is 5.92 Å². The molecular formula is C25H33NO2. The van der Waals surface area contributed by atoms with Gasteiger partial charge < -0.3 is 14.7 Å². The maximum absolute atomic E-state index is 12.0. The second-order valence-electron chi connectivity index (χ2n) is 8.48. The van der Waals surface area contributed by atoms with Gasteiger partial charge in [-0.15, -0.1) is 0 Å². The molecule has 0 heterocycles. The van der Waals surface area contributed by atoms with Crippen molar-refractivity contribution in [1.29, 1.82) is 0 Å². The molecule has 0 amide bonds. The van der Waals surface area contributed by atoms with Crippen LogP contribution < -0.4 is 4.74 Å². The summed E-state index contributed by atoms with van der Waals surface area (Å²) in [5.74, 6) is 1.06. The monoisotopic (exact) mass is 379 g/mol. The molecule has 0 spiro atoms. The van der Waals surface area contributed by atoms with Crippen LogP contribution in [-0.2, 0) is 6.42 Å². The summed E-state index contributed by atoms with van der Waals surface area (Å²) in [7, 11) is 5.86. The van der Waals surface area contributed by atoms with Gasteiger partial charge in [0.2, 0.25) is 0 Å². The smallest absolute Gasteiger partial charge is 0.119 e. The highest BCUT2D eigenvalue weighted by atomic mass is 16.5. The largest absolute Gasteiger partial charge is 0.497 e. The number of hydrogen-bond acceptors (Lipinski definition) is 3. The summed E-state index contributed by atoms with van der Waals surface area (Å²) >= 11 is 0. The van der Waals surface area contributed by atoms with E-state index in [1.807, 2.05) is 18.2 Å². The van der Waals surface area contributed by atoms with E-state index < -0.39 is 5.60 Å². The summed E-state index contributed by atoms with van der Waals surface area (Å²) in [6.45, 7) is 5.14. The molecule has 3 rings (SSSR count). The van der Waals surface area contributed by atoms with Crippen LogP contribution in [0.1, 0.15) is 35.1 Å². The molecule has 1 N–H and O–H groups in total. The topological polar surface area (TPSA) is 32.7 Å².